The highest BCUT2D eigenvalue weighted by Crippen LogP contribution is 2.30. The maximum Gasteiger partial charge on any atom is 0.251 e. The fourth-order valence-electron chi connectivity index (χ4n) is 4.31. The van der Waals surface area contributed by atoms with Crippen LogP contribution in [-0.2, 0) is 4.79 Å². The average Bonchev–Trinajstić information content (AvgIpc) is 3.19. The van der Waals surface area contributed by atoms with E-state index < -0.39 is 0 Å². The number of nitrogens with one attached hydrogen (secondary N) is 1. The lowest BCUT2D eigenvalue weighted by Gasteiger charge is -2.24. The monoisotopic (exact) mass is 366 g/mol. The molecule has 2 aromatic rings. The van der Waals surface area contributed by atoms with Crippen LogP contribution in [0.25, 0.3) is 11.5 Å². The molecule has 0 bridgehead atoms. The Kier molecular flexibility index (Phi) is 5.32. The van der Waals surface area contributed by atoms with Gasteiger partial charge in [0.05, 0.1) is 5.69 Å². The molecule has 1 saturated carbocycles. The molecule has 2 aromatic heterocycles. The molecule has 142 valence electrons. The molecule has 1 atom stereocenters. The number of H-pyrrole nitrogens is 1. The zero-order valence-corrected chi connectivity index (χ0v) is 15.6. The van der Waals surface area contributed by atoms with Crippen molar-refractivity contribution >= 4 is 5.91 Å². The number of carbonyl (C=O) groups excluding carboxylic acids is 1. The first kappa shape index (κ1) is 17.9. The van der Waals surface area contributed by atoms with Gasteiger partial charge in [0.2, 0.25) is 5.91 Å². The van der Waals surface area contributed by atoms with Crippen LogP contribution in [0.1, 0.15) is 56.6 Å². The number of likely N-dealkylation sites (tertiary alicyclic amines) is 1. The topological polar surface area (TPSA) is 79.0 Å². The molecular formula is C21H26N4O2. The van der Waals surface area contributed by atoms with Crippen LogP contribution in [-0.4, -0.2) is 38.8 Å². The van der Waals surface area contributed by atoms with E-state index in [2.05, 4.69) is 15.0 Å². The van der Waals surface area contributed by atoms with E-state index in [4.69, 9.17) is 0 Å². The standard InChI is InChI=1S/C21H26N4O2/c26-19-13-18(23-21(24-19)17-8-4-5-10-22-17)16-9-11-25(14-16)20(27)12-15-6-2-1-3-7-15/h4-5,8,10,13,15-16H,1-3,6-7,9,11-12,14H2,(H,23,24,26)/t16-/m0/s1. The van der Waals surface area contributed by atoms with E-state index in [0.29, 0.717) is 30.4 Å². The van der Waals surface area contributed by atoms with Crippen molar-refractivity contribution in [3.05, 3.63) is 46.5 Å². The van der Waals surface area contributed by atoms with Gasteiger partial charge in [-0.1, -0.05) is 25.3 Å². The molecule has 0 radical (unpaired) electrons. The molecule has 0 spiro atoms. The second-order valence-electron chi connectivity index (χ2n) is 7.77. The van der Waals surface area contributed by atoms with Gasteiger partial charge in [-0.15, -0.1) is 0 Å². The molecule has 0 aromatic carbocycles. The average molecular weight is 366 g/mol. The van der Waals surface area contributed by atoms with Gasteiger partial charge < -0.3 is 9.88 Å². The number of aromatic nitrogens is 3. The number of nitrogens with zero attached hydrogens (tertiary/aromatic N) is 3. The van der Waals surface area contributed by atoms with Crippen LogP contribution in [0.2, 0.25) is 0 Å². The van der Waals surface area contributed by atoms with Gasteiger partial charge in [0, 0.05) is 37.7 Å². The second-order valence-corrected chi connectivity index (χ2v) is 7.77. The Balaban J connectivity index is 1.45. The lowest BCUT2D eigenvalue weighted by atomic mass is 9.87. The Morgan fingerprint density at radius 3 is 2.81 bits per heavy atom. The number of aromatic amines is 1. The molecule has 6 nitrogen and oxygen atoms in total. The summed E-state index contributed by atoms with van der Waals surface area (Å²) in [5, 5.41) is 0. The molecule has 3 heterocycles. The van der Waals surface area contributed by atoms with Gasteiger partial charge in [-0.2, -0.15) is 0 Å². The van der Waals surface area contributed by atoms with Gasteiger partial charge >= 0.3 is 0 Å². The normalized spacial score (nSPS) is 20.7. The van der Waals surface area contributed by atoms with Gasteiger partial charge in [0.1, 0.15) is 5.69 Å². The first-order valence-electron chi connectivity index (χ1n) is 9.99. The largest absolute Gasteiger partial charge is 0.342 e. The number of amides is 1. The van der Waals surface area contributed by atoms with Gasteiger partial charge in [0.15, 0.2) is 5.82 Å². The number of hydrogen-bond acceptors (Lipinski definition) is 4. The number of pyridine rings is 1. The lowest BCUT2D eigenvalue weighted by molar-refractivity contribution is -0.131. The summed E-state index contributed by atoms with van der Waals surface area (Å²) in [5.74, 6) is 1.42. The fourth-order valence-corrected chi connectivity index (χ4v) is 4.31. The predicted molar refractivity (Wildman–Crippen MR) is 103 cm³/mol. The summed E-state index contributed by atoms with van der Waals surface area (Å²) in [6.45, 7) is 1.41. The zero-order valence-electron chi connectivity index (χ0n) is 15.6. The van der Waals surface area contributed by atoms with E-state index in [-0.39, 0.29) is 17.4 Å². The Morgan fingerprint density at radius 1 is 1.19 bits per heavy atom. The highest BCUT2D eigenvalue weighted by atomic mass is 16.2. The highest BCUT2D eigenvalue weighted by molar-refractivity contribution is 5.76. The second kappa shape index (κ2) is 8.03. The molecule has 4 rings (SSSR count). The van der Waals surface area contributed by atoms with Gasteiger partial charge in [-0.3, -0.25) is 14.6 Å². The van der Waals surface area contributed by atoms with Crippen LogP contribution in [0, 0.1) is 5.92 Å². The van der Waals surface area contributed by atoms with Gasteiger partial charge in [-0.25, -0.2) is 4.98 Å². The third-order valence-electron chi connectivity index (χ3n) is 5.82. The molecule has 1 aliphatic heterocycles. The maximum atomic E-state index is 12.7. The van der Waals surface area contributed by atoms with Crippen LogP contribution >= 0.6 is 0 Å². The maximum absolute atomic E-state index is 12.7. The third kappa shape index (κ3) is 4.26. The Hall–Kier alpha value is -2.50. The van der Waals surface area contributed by atoms with E-state index in [9.17, 15) is 9.59 Å². The van der Waals surface area contributed by atoms with Crippen LogP contribution < -0.4 is 5.56 Å². The summed E-state index contributed by atoms with van der Waals surface area (Å²) in [6, 6.07) is 7.09. The molecule has 6 heteroatoms. The molecule has 0 unspecified atom stereocenters. The van der Waals surface area contributed by atoms with Crippen molar-refractivity contribution < 1.29 is 4.79 Å². The molecule has 1 amide bonds. The summed E-state index contributed by atoms with van der Waals surface area (Å²) in [5.41, 5.74) is 1.24. The lowest BCUT2D eigenvalue weighted by Crippen LogP contribution is -2.30. The van der Waals surface area contributed by atoms with Crippen molar-refractivity contribution in [2.24, 2.45) is 5.92 Å². The van der Waals surface area contributed by atoms with E-state index in [1.807, 2.05) is 23.1 Å². The minimum Gasteiger partial charge on any atom is -0.342 e. The SMILES string of the molecule is O=C(CC1CCCCC1)N1CC[C@H](c2cc(=O)[nH]c(-c3ccccn3)n2)C1. The minimum absolute atomic E-state index is 0.116. The van der Waals surface area contributed by atoms with E-state index in [1.165, 1.54) is 32.1 Å². The van der Waals surface area contributed by atoms with Crippen LogP contribution in [0.3, 0.4) is 0 Å². The van der Waals surface area contributed by atoms with E-state index in [0.717, 1.165) is 18.7 Å². The molecule has 27 heavy (non-hydrogen) atoms. The smallest absolute Gasteiger partial charge is 0.251 e. The van der Waals surface area contributed by atoms with Crippen molar-refractivity contribution in [1.29, 1.82) is 0 Å². The Morgan fingerprint density at radius 2 is 2.04 bits per heavy atom. The fraction of sp³-hybridized carbons (Fsp3) is 0.524. The van der Waals surface area contributed by atoms with Crippen molar-refractivity contribution in [3.63, 3.8) is 0 Å². The summed E-state index contributed by atoms with van der Waals surface area (Å²) >= 11 is 0. The number of carbonyl (C=O) groups is 1. The van der Waals surface area contributed by atoms with Gasteiger partial charge in [0.25, 0.3) is 5.56 Å². The van der Waals surface area contributed by atoms with Gasteiger partial charge in [-0.05, 0) is 37.3 Å². The Bertz CT molecular complexity index is 843. The van der Waals surface area contributed by atoms with Crippen LogP contribution in [0.15, 0.2) is 35.3 Å². The first-order chi connectivity index (χ1) is 13.2. The summed E-state index contributed by atoms with van der Waals surface area (Å²) < 4.78 is 0. The zero-order chi connectivity index (χ0) is 18.6. The van der Waals surface area contributed by atoms with Crippen molar-refractivity contribution in [2.75, 3.05) is 13.1 Å². The molecule has 2 aliphatic rings. The summed E-state index contributed by atoms with van der Waals surface area (Å²) in [6.07, 6.45) is 9.41. The van der Waals surface area contributed by atoms with E-state index in [1.54, 1.807) is 12.3 Å². The summed E-state index contributed by atoms with van der Waals surface area (Å²) in [7, 11) is 0. The predicted octanol–water partition coefficient (Wildman–Crippen LogP) is 3.12. The third-order valence-corrected chi connectivity index (χ3v) is 5.82. The van der Waals surface area contributed by atoms with Crippen LogP contribution in [0.5, 0.6) is 0 Å². The van der Waals surface area contributed by atoms with Crippen molar-refractivity contribution in [1.82, 2.24) is 19.9 Å². The molecular weight excluding hydrogens is 340 g/mol. The van der Waals surface area contributed by atoms with Crippen LogP contribution in [0.4, 0.5) is 0 Å². The summed E-state index contributed by atoms with van der Waals surface area (Å²) in [4.78, 5) is 38.4. The number of rotatable bonds is 4. The Labute approximate surface area is 159 Å². The molecule has 1 aliphatic carbocycles. The van der Waals surface area contributed by atoms with Crippen molar-refractivity contribution in [2.45, 2.75) is 50.9 Å². The molecule has 2 fully saturated rings. The van der Waals surface area contributed by atoms with E-state index >= 15 is 0 Å². The molecule has 1 saturated heterocycles. The number of hydrogen-bond donors (Lipinski definition) is 1. The highest BCUT2D eigenvalue weighted by Gasteiger charge is 2.30. The molecule has 1 N–H and O–H groups in total. The first-order valence-corrected chi connectivity index (χ1v) is 9.99. The minimum atomic E-state index is -0.173. The van der Waals surface area contributed by atoms with Crippen molar-refractivity contribution in [3.8, 4) is 11.5 Å². The quantitative estimate of drug-likeness (QED) is 0.902.